The van der Waals surface area contributed by atoms with E-state index in [4.69, 9.17) is 4.99 Å². The second-order valence-electron chi connectivity index (χ2n) is 7.07. The number of hydrogen-bond donors (Lipinski definition) is 2. The number of guanidine groups is 1. The third kappa shape index (κ3) is 6.42. The van der Waals surface area contributed by atoms with Crippen LogP contribution in [-0.2, 0) is 18.4 Å². The van der Waals surface area contributed by atoms with Crippen LogP contribution in [0.25, 0.3) is 0 Å². The molecule has 1 aromatic carbocycles. The lowest BCUT2D eigenvalue weighted by Gasteiger charge is -2.35. The molecule has 2 heterocycles. The number of hydrogen-bond acceptors (Lipinski definition) is 4. The predicted octanol–water partition coefficient (Wildman–Crippen LogP) is 1.60. The molecule has 1 aliphatic heterocycles. The molecule has 0 bridgehead atoms. The van der Waals surface area contributed by atoms with Gasteiger partial charge in [0.05, 0.1) is 18.4 Å². The van der Waals surface area contributed by atoms with Gasteiger partial charge < -0.3 is 20.4 Å². The van der Waals surface area contributed by atoms with E-state index in [1.54, 1.807) is 27.9 Å². The molecule has 0 unspecified atom stereocenters. The number of piperazine rings is 1. The van der Waals surface area contributed by atoms with E-state index in [9.17, 15) is 9.59 Å². The summed E-state index contributed by atoms with van der Waals surface area (Å²) in [6.45, 7) is 7.20. The van der Waals surface area contributed by atoms with E-state index in [1.807, 2.05) is 44.1 Å². The monoisotopic (exact) mass is 539 g/mol. The molecule has 9 nitrogen and oxygen atoms in total. The molecule has 2 N–H and O–H groups in total. The van der Waals surface area contributed by atoms with Crippen LogP contribution in [0.1, 0.15) is 29.8 Å². The second kappa shape index (κ2) is 11.7. The summed E-state index contributed by atoms with van der Waals surface area (Å²) < 4.78 is 1.69. The Hall–Kier alpha value is -2.63. The topological polar surface area (TPSA) is 94.9 Å². The molecule has 2 amide bonds. The maximum Gasteiger partial charge on any atom is 0.251 e. The zero-order valence-corrected chi connectivity index (χ0v) is 20.5. The van der Waals surface area contributed by atoms with Crippen molar-refractivity contribution in [3.05, 3.63) is 47.8 Å². The fraction of sp³-hybridized carbons (Fsp3) is 0.429. The maximum atomic E-state index is 12.7. The van der Waals surface area contributed by atoms with E-state index in [0.29, 0.717) is 44.2 Å². The van der Waals surface area contributed by atoms with Crippen molar-refractivity contribution in [2.75, 3.05) is 37.6 Å². The molecule has 1 aromatic heterocycles. The molecule has 0 spiro atoms. The molecule has 1 fully saturated rings. The smallest absolute Gasteiger partial charge is 0.251 e. The number of aryl methyl sites for hydroxylation is 1. The van der Waals surface area contributed by atoms with Crippen molar-refractivity contribution in [2.45, 2.75) is 20.4 Å². The number of halogens is 1. The summed E-state index contributed by atoms with van der Waals surface area (Å²) in [5.41, 5.74) is 2.45. The molecule has 31 heavy (non-hydrogen) atoms. The zero-order valence-electron chi connectivity index (χ0n) is 18.2. The van der Waals surface area contributed by atoms with Crippen molar-refractivity contribution in [1.82, 2.24) is 25.3 Å². The van der Waals surface area contributed by atoms with E-state index in [1.165, 1.54) is 0 Å². The first-order valence-corrected chi connectivity index (χ1v) is 10.2. The van der Waals surface area contributed by atoms with Crippen LogP contribution in [0.15, 0.2) is 41.7 Å². The molecule has 2 aromatic rings. The number of benzene rings is 1. The lowest BCUT2D eigenvalue weighted by Crippen LogP contribution is -2.55. The zero-order chi connectivity index (χ0) is 21.5. The summed E-state index contributed by atoms with van der Waals surface area (Å²) in [6, 6.07) is 7.42. The molecule has 1 aliphatic rings. The average Bonchev–Trinajstić information content (AvgIpc) is 3.17. The first-order chi connectivity index (χ1) is 14.5. The third-order valence-electron chi connectivity index (χ3n) is 4.82. The van der Waals surface area contributed by atoms with E-state index in [2.05, 4.69) is 15.7 Å². The highest BCUT2D eigenvalue weighted by Crippen LogP contribution is 2.16. The second-order valence-corrected chi connectivity index (χ2v) is 7.07. The van der Waals surface area contributed by atoms with Crippen LogP contribution in [0.4, 0.5) is 5.69 Å². The van der Waals surface area contributed by atoms with Crippen molar-refractivity contribution >= 4 is 47.4 Å². The SMILES string of the molecule is CCNC(=O)c1ccc(CN=C(NCC)N2CCN(c3cnn(C)c3)C(=O)C2)cc1.I. The van der Waals surface area contributed by atoms with E-state index in [0.717, 1.165) is 11.3 Å². The summed E-state index contributed by atoms with van der Waals surface area (Å²) in [5.74, 6) is 0.654. The van der Waals surface area contributed by atoms with Crippen molar-refractivity contribution in [1.29, 1.82) is 0 Å². The maximum absolute atomic E-state index is 12.7. The fourth-order valence-corrected chi connectivity index (χ4v) is 3.29. The number of rotatable bonds is 6. The van der Waals surface area contributed by atoms with Crippen LogP contribution in [0.2, 0.25) is 0 Å². The largest absolute Gasteiger partial charge is 0.356 e. The summed E-state index contributed by atoms with van der Waals surface area (Å²) in [4.78, 5) is 33.0. The Bertz CT molecular complexity index is 911. The summed E-state index contributed by atoms with van der Waals surface area (Å²) >= 11 is 0. The van der Waals surface area contributed by atoms with Gasteiger partial charge in [-0.1, -0.05) is 12.1 Å². The number of amides is 2. The Labute approximate surface area is 199 Å². The molecular formula is C21H30IN7O2. The van der Waals surface area contributed by atoms with Crippen LogP contribution in [0, 0.1) is 0 Å². The van der Waals surface area contributed by atoms with E-state index >= 15 is 0 Å². The summed E-state index contributed by atoms with van der Waals surface area (Å²) in [6.07, 6.45) is 3.55. The standard InChI is InChI=1S/C21H29N7O2.HI/c1-4-22-20(30)17-8-6-16(7-9-17)12-24-21(23-5-2)27-10-11-28(19(29)15-27)18-13-25-26(3)14-18;/h6-9,13-14H,4-5,10-12,15H2,1-3H3,(H,22,30)(H,23,24);1H. The Morgan fingerprint density at radius 3 is 2.42 bits per heavy atom. The first kappa shape index (κ1) is 24.6. The molecule has 168 valence electrons. The molecule has 3 rings (SSSR count). The van der Waals surface area contributed by atoms with Gasteiger partial charge in [0.25, 0.3) is 5.91 Å². The minimum Gasteiger partial charge on any atom is -0.356 e. The predicted molar refractivity (Wildman–Crippen MR) is 132 cm³/mol. The van der Waals surface area contributed by atoms with Gasteiger partial charge in [-0.3, -0.25) is 14.3 Å². The highest BCUT2D eigenvalue weighted by atomic mass is 127. The number of carbonyl (C=O) groups excluding carboxylic acids is 2. The summed E-state index contributed by atoms with van der Waals surface area (Å²) in [7, 11) is 1.84. The number of carbonyl (C=O) groups is 2. The fourth-order valence-electron chi connectivity index (χ4n) is 3.29. The van der Waals surface area contributed by atoms with Gasteiger partial charge in [0.1, 0.15) is 6.54 Å². The van der Waals surface area contributed by atoms with Gasteiger partial charge >= 0.3 is 0 Å². The van der Waals surface area contributed by atoms with Crippen LogP contribution < -0.4 is 15.5 Å². The number of aliphatic imine (C=N–C) groups is 1. The minimum atomic E-state index is -0.0779. The van der Waals surface area contributed by atoms with Gasteiger partial charge in [0.2, 0.25) is 5.91 Å². The number of aromatic nitrogens is 2. The first-order valence-electron chi connectivity index (χ1n) is 10.2. The van der Waals surface area contributed by atoms with Crippen molar-refractivity contribution in [2.24, 2.45) is 12.0 Å². The highest BCUT2D eigenvalue weighted by Gasteiger charge is 2.27. The lowest BCUT2D eigenvalue weighted by molar-refractivity contribution is -0.120. The molecule has 0 aliphatic carbocycles. The van der Waals surface area contributed by atoms with Crippen molar-refractivity contribution in [3.8, 4) is 0 Å². The lowest BCUT2D eigenvalue weighted by atomic mass is 10.1. The quantitative estimate of drug-likeness (QED) is 0.331. The van der Waals surface area contributed by atoms with Gasteiger partial charge in [-0.05, 0) is 31.5 Å². The minimum absolute atomic E-state index is 0. The van der Waals surface area contributed by atoms with E-state index in [-0.39, 0.29) is 42.3 Å². The molecule has 0 atom stereocenters. The van der Waals surface area contributed by atoms with Crippen LogP contribution in [0.3, 0.4) is 0 Å². The Morgan fingerprint density at radius 1 is 1.13 bits per heavy atom. The molecule has 10 heteroatoms. The van der Waals surface area contributed by atoms with Crippen LogP contribution in [-0.4, -0.2) is 65.2 Å². The summed E-state index contributed by atoms with van der Waals surface area (Å²) in [5, 5.41) is 10.2. The Balaban J connectivity index is 0.00000341. The van der Waals surface area contributed by atoms with Gasteiger partial charge in [0.15, 0.2) is 5.96 Å². The Kier molecular flexibility index (Phi) is 9.28. The molecular weight excluding hydrogens is 509 g/mol. The van der Waals surface area contributed by atoms with E-state index < -0.39 is 0 Å². The number of anilines is 1. The molecule has 0 radical (unpaired) electrons. The molecule has 1 saturated heterocycles. The van der Waals surface area contributed by atoms with Gasteiger partial charge in [0, 0.05) is 45.0 Å². The number of nitrogens with zero attached hydrogens (tertiary/aromatic N) is 5. The van der Waals surface area contributed by atoms with Crippen molar-refractivity contribution in [3.63, 3.8) is 0 Å². The number of nitrogens with one attached hydrogen (secondary N) is 2. The van der Waals surface area contributed by atoms with Crippen LogP contribution in [0.5, 0.6) is 0 Å². The molecule has 0 saturated carbocycles. The van der Waals surface area contributed by atoms with Gasteiger partial charge in [-0.2, -0.15) is 5.10 Å². The highest BCUT2D eigenvalue weighted by molar-refractivity contribution is 14.0. The average molecular weight is 539 g/mol. The van der Waals surface area contributed by atoms with Gasteiger partial charge in [-0.15, -0.1) is 24.0 Å². The van der Waals surface area contributed by atoms with Crippen molar-refractivity contribution < 1.29 is 9.59 Å². The van der Waals surface area contributed by atoms with Gasteiger partial charge in [-0.25, -0.2) is 4.99 Å². The Morgan fingerprint density at radius 2 is 1.84 bits per heavy atom. The van der Waals surface area contributed by atoms with Crippen LogP contribution >= 0.6 is 24.0 Å². The normalized spacial score (nSPS) is 14.3. The third-order valence-corrected chi connectivity index (χ3v) is 4.82.